The monoisotopic (exact) mass is 428 g/mol. The number of guanidine groups is 1. The number of nitrogens with two attached hydrogens (primary N) is 1. The van der Waals surface area contributed by atoms with Gasteiger partial charge in [0.1, 0.15) is 5.78 Å². The van der Waals surface area contributed by atoms with E-state index < -0.39 is 23.8 Å². The minimum absolute atomic E-state index is 0.0198. The maximum atomic E-state index is 12.0. The number of halogens is 2. The van der Waals surface area contributed by atoms with Crippen molar-refractivity contribution in [2.45, 2.75) is 52.0 Å². The molecule has 1 aromatic carbocycles. The predicted molar refractivity (Wildman–Crippen MR) is 110 cm³/mol. The quantitative estimate of drug-likeness (QED) is 0.274. The van der Waals surface area contributed by atoms with Gasteiger partial charge in [0.25, 0.3) is 0 Å². The fraction of sp³-hybridized carbons (Fsp3) is 0.474. The Morgan fingerprint density at radius 1 is 1.04 bits per heavy atom. The van der Waals surface area contributed by atoms with Gasteiger partial charge in [0.2, 0.25) is 17.8 Å². The Kier molecular flexibility index (Phi) is 10.1. The number of hydrogen-bond donors (Lipinski definition) is 4. The average Bonchev–Trinajstić information content (AvgIpc) is 2.60. The van der Waals surface area contributed by atoms with Crippen LogP contribution in [-0.2, 0) is 20.8 Å². The molecule has 0 aromatic heterocycles. The highest BCUT2D eigenvalue weighted by molar-refractivity contribution is 6.36. The third kappa shape index (κ3) is 8.37. The van der Waals surface area contributed by atoms with Gasteiger partial charge in [-0.3, -0.25) is 30.4 Å². The largest absolute Gasteiger partial charge is 0.321 e. The number of Topliss-reactive ketones (excluding diaryl/α,β-unsaturated/α-hetero) is 1. The zero-order chi connectivity index (χ0) is 21.3. The second kappa shape index (κ2) is 11.8. The number of ketones is 1. The molecule has 0 bridgehead atoms. The molecule has 9 heteroatoms. The second-order valence-corrected chi connectivity index (χ2v) is 7.61. The van der Waals surface area contributed by atoms with Crippen LogP contribution in [0.2, 0.25) is 10.0 Å². The first-order valence-electron chi connectivity index (χ1n) is 9.01. The van der Waals surface area contributed by atoms with Gasteiger partial charge in [0, 0.05) is 22.9 Å². The lowest BCUT2D eigenvalue weighted by Gasteiger charge is -2.13. The molecule has 0 fully saturated rings. The lowest BCUT2D eigenvalue weighted by Crippen LogP contribution is -2.43. The molecule has 0 saturated heterocycles. The van der Waals surface area contributed by atoms with Crippen molar-refractivity contribution in [3.63, 3.8) is 0 Å². The molecule has 7 nitrogen and oxygen atoms in total. The van der Waals surface area contributed by atoms with Gasteiger partial charge in [0.05, 0.1) is 12.5 Å². The third-order valence-corrected chi connectivity index (χ3v) is 4.80. The Morgan fingerprint density at radius 2 is 1.57 bits per heavy atom. The number of carbonyl (C=O) groups excluding carboxylic acids is 3. The van der Waals surface area contributed by atoms with E-state index >= 15 is 0 Å². The van der Waals surface area contributed by atoms with Gasteiger partial charge in [-0.05, 0) is 36.5 Å². The molecular weight excluding hydrogens is 403 g/mol. The Morgan fingerprint density at radius 3 is 2.14 bits per heavy atom. The van der Waals surface area contributed by atoms with Gasteiger partial charge in [-0.15, -0.1) is 0 Å². The molecule has 0 heterocycles. The van der Waals surface area contributed by atoms with Gasteiger partial charge in [0.15, 0.2) is 0 Å². The summed E-state index contributed by atoms with van der Waals surface area (Å²) < 4.78 is 0. The van der Waals surface area contributed by atoms with Crippen LogP contribution in [0.15, 0.2) is 18.2 Å². The maximum absolute atomic E-state index is 12.0. The van der Waals surface area contributed by atoms with E-state index in [0.717, 1.165) is 0 Å². The van der Waals surface area contributed by atoms with E-state index in [2.05, 4.69) is 10.6 Å². The third-order valence-electron chi connectivity index (χ3n) is 4.09. The van der Waals surface area contributed by atoms with Crippen LogP contribution in [-0.4, -0.2) is 29.6 Å². The molecule has 5 N–H and O–H groups in total. The molecule has 1 aromatic rings. The molecule has 0 radical (unpaired) electrons. The van der Waals surface area contributed by atoms with E-state index in [4.69, 9.17) is 34.3 Å². The maximum Gasteiger partial charge on any atom is 0.231 e. The van der Waals surface area contributed by atoms with Crippen LogP contribution in [0.3, 0.4) is 0 Å². The number of benzene rings is 1. The molecule has 0 aliphatic carbocycles. The van der Waals surface area contributed by atoms with E-state index in [1.54, 1.807) is 18.2 Å². The number of nitrogens with one attached hydrogen (secondary N) is 3. The Bertz CT molecular complexity index is 718. The molecule has 154 valence electrons. The van der Waals surface area contributed by atoms with Crippen LogP contribution >= 0.6 is 23.2 Å². The molecule has 0 saturated carbocycles. The van der Waals surface area contributed by atoms with Crippen molar-refractivity contribution in [2.75, 3.05) is 0 Å². The zero-order valence-corrected chi connectivity index (χ0v) is 17.5. The van der Waals surface area contributed by atoms with Gasteiger partial charge in [-0.1, -0.05) is 43.1 Å². The molecule has 0 spiro atoms. The van der Waals surface area contributed by atoms with Crippen LogP contribution in [0.25, 0.3) is 0 Å². The molecular formula is C19H26Cl2N4O3. The van der Waals surface area contributed by atoms with E-state index in [1.807, 2.05) is 13.8 Å². The van der Waals surface area contributed by atoms with Crippen LogP contribution in [0.4, 0.5) is 0 Å². The minimum atomic E-state index is -0.520. The first-order chi connectivity index (χ1) is 13.1. The minimum Gasteiger partial charge on any atom is -0.321 e. The van der Waals surface area contributed by atoms with Crippen molar-refractivity contribution in [1.29, 1.82) is 5.41 Å². The van der Waals surface area contributed by atoms with Crippen LogP contribution in [0.1, 0.15) is 45.1 Å². The van der Waals surface area contributed by atoms with E-state index in [1.165, 1.54) is 0 Å². The van der Waals surface area contributed by atoms with Gasteiger partial charge >= 0.3 is 0 Å². The summed E-state index contributed by atoms with van der Waals surface area (Å²) in [5.41, 5.74) is 6.23. The number of carbonyl (C=O) groups is 3. The lowest BCUT2D eigenvalue weighted by molar-refractivity contribution is -0.122. The van der Waals surface area contributed by atoms with Crippen molar-refractivity contribution < 1.29 is 14.4 Å². The highest BCUT2D eigenvalue weighted by atomic mass is 35.5. The zero-order valence-electron chi connectivity index (χ0n) is 16.0. The van der Waals surface area contributed by atoms with Gasteiger partial charge in [-0.2, -0.15) is 0 Å². The topological polar surface area (TPSA) is 125 Å². The van der Waals surface area contributed by atoms with E-state index in [-0.39, 0.29) is 24.5 Å². The fourth-order valence-corrected chi connectivity index (χ4v) is 2.93. The smallest absolute Gasteiger partial charge is 0.231 e. The molecule has 1 atom stereocenters. The second-order valence-electron chi connectivity index (χ2n) is 6.79. The summed E-state index contributed by atoms with van der Waals surface area (Å²) in [5.74, 6) is -1.29. The van der Waals surface area contributed by atoms with E-state index in [0.29, 0.717) is 34.9 Å². The first-order valence-corrected chi connectivity index (χ1v) is 9.76. The average molecular weight is 429 g/mol. The molecule has 2 amide bonds. The molecule has 0 aliphatic heterocycles. The summed E-state index contributed by atoms with van der Waals surface area (Å²) in [6.07, 6.45) is 1.36. The lowest BCUT2D eigenvalue weighted by atomic mass is 9.97. The Balaban J connectivity index is 2.32. The summed E-state index contributed by atoms with van der Waals surface area (Å²) >= 11 is 12.0. The molecule has 0 unspecified atom stereocenters. The van der Waals surface area contributed by atoms with E-state index in [9.17, 15) is 14.4 Å². The standard InChI is InChI=1S/C19H26Cl2N4O3/c1-11(2)18(22)15(26)8-3-4-9-16(27)24-19(23)25-17(28)10-12-13(20)6-5-7-14(12)21/h5-7,11,18H,3-4,8-10,22H2,1-2H3,(H3,23,24,25,27,28)/t18-/m1/s1. The molecule has 0 aliphatic rings. The fourth-order valence-electron chi connectivity index (χ4n) is 2.40. The molecule has 28 heavy (non-hydrogen) atoms. The van der Waals surface area contributed by atoms with Crippen LogP contribution in [0.5, 0.6) is 0 Å². The summed E-state index contributed by atoms with van der Waals surface area (Å²) in [6, 6.07) is 4.41. The van der Waals surface area contributed by atoms with Crippen molar-refractivity contribution in [3.05, 3.63) is 33.8 Å². The number of amides is 2. The number of rotatable bonds is 9. The Hall–Kier alpha value is -1.96. The predicted octanol–water partition coefficient (Wildman–Crippen LogP) is 2.82. The van der Waals surface area contributed by atoms with Crippen molar-refractivity contribution in [3.8, 4) is 0 Å². The molecule has 1 rings (SSSR count). The van der Waals surface area contributed by atoms with Crippen molar-refractivity contribution in [2.24, 2.45) is 11.7 Å². The number of unbranched alkanes of at least 4 members (excludes halogenated alkanes) is 1. The summed E-state index contributed by atoms with van der Waals surface area (Å²) in [7, 11) is 0. The SMILES string of the molecule is CC(C)[C@@H](N)C(=O)CCCCC(=O)NC(=N)NC(=O)Cc1c(Cl)cccc1Cl. The highest BCUT2D eigenvalue weighted by Crippen LogP contribution is 2.24. The Labute approximate surface area is 174 Å². The first kappa shape index (κ1) is 24.1. The normalized spacial score (nSPS) is 11.8. The summed E-state index contributed by atoms with van der Waals surface area (Å²) in [5, 5.41) is 12.9. The highest BCUT2D eigenvalue weighted by Gasteiger charge is 2.17. The van der Waals surface area contributed by atoms with Gasteiger partial charge < -0.3 is 5.73 Å². The van der Waals surface area contributed by atoms with Crippen molar-refractivity contribution in [1.82, 2.24) is 10.6 Å². The summed E-state index contributed by atoms with van der Waals surface area (Å²) in [6.45, 7) is 3.77. The number of hydrogen-bond acceptors (Lipinski definition) is 5. The van der Waals surface area contributed by atoms with Crippen LogP contribution < -0.4 is 16.4 Å². The summed E-state index contributed by atoms with van der Waals surface area (Å²) in [4.78, 5) is 35.6. The van der Waals surface area contributed by atoms with Gasteiger partial charge in [-0.25, -0.2) is 0 Å². The van der Waals surface area contributed by atoms with Crippen molar-refractivity contribution >= 4 is 46.8 Å². The van der Waals surface area contributed by atoms with Crippen LogP contribution in [0, 0.1) is 11.3 Å².